The third kappa shape index (κ3) is 4.73. The Balaban J connectivity index is 3.73. The maximum atomic E-state index is 12.2. The maximum Gasteiger partial charge on any atom is 0.512 e. The first-order valence-electron chi connectivity index (χ1n) is 3.00. The van der Waals surface area contributed by atoms with Gasteiger partial charge >= 0.3 is 6.16 Å². The van der Waals surface area contributed by atoms with Gasteiger partial charge in [0.1, 0.15) is 0 Å². The summed E-state index contributed by atoms with van der Waals surface area (Å²) in [6.07, 6.45) is -1.13. The lowest BCUT2D eigenvalue weighted by molar-refractivity contribution is -0.00720. The smallest absolute Gasteiger partial charge is 0.411 e. The van der Waals surface area contributed by atoms with E-state index in [-0.39, 0.29) is 0 Å². The first kappa shape index (κ1) is 11.0. The van der Waals surface area contributed by atoms with Gasteiger partial charge in [0, 0.05) is 0 Å². The molecule has 0 N–H and O–H groups in total. The molecular formula is C7H8ClFO3. The molecule has 0 aromatic rings. The van der Waals surface area contributed by atoms with Crippen LogP contribution in [-0.2, 0) is 9.47 Å². The van der Waals surface area contributed by atoms with Crippen molar-refractivity contribution in [1.29, 1.82) is 0 Å². The van der Waals surface area contributed by atoms with Crippen LogP contribution in [0.4, 0.5) is 9.18 Å². The van der Waals surface area contributed by atoms with Gasteiger partial charge in [-0.15, -0.1) is 0 Å². The number of hydrogen-bond donors (Lipinski definition) is 0. The molecule has 0 heterocycles. The second kappa shape index (κ2) is 5.60. The van der Waals surface area contributed by atoms with Crippen molar-refractivity contribution >= 4 is 17.8 Å². The van der Waals surface area contributed by atoms with E-state index in [0.29, 0.717) is 0 Å². The molecule has 12 heavy (non-hydrogen) atoms. The van der Waals surface area contributed by atoms with Gasteiger partial charge < -0.3 is 9.47 Å². The third-order valence-electron chi connectivity index (χ3n) is 0.788. The van der Waals surface area contributed by atoms with Crippen LogP contribution < -0.4 is 0 Å². The van der Waals surface area contributed by atoms with E-state index in [1.807, 2.05) is 0 Å². The lowest BCUT2D eigenvalue weighted by atomic mass is 10.6. The summed E-state index contributed by atoms with van der Waals surface area (Å²) in [4.78, 5) is 10.5. The Bertz CT molecular complexity index is 165. The molecule has 0 fully saturated rings. The van der Waals surface area contributed by atoms with E-state index in [1.54, 1.807) is 0 Å². The molecule has 0 aliphatic carbocycles. The van der Waals surface area contributed by atoms with E-state index in [2.05, 4.69) is 22.6 Å². The van der Waals surface area contributed by atoms with Gasteiger partial charge in [0.2, 0.25) is 0 Å². The van der Waals surface area contributed by atoms with Gasteiger partial charge in [-0.2, -0.15) is 4.39 Å². The molecule has 3 nitrogen and oxygen atoms in total. The van der Waals surface area contributed by atoms with Gasteiger partial charge in [0.25, 0.3) is 6.36 Å². The van der Waals surface area contributed by atoms with Crippen LogP contribution in [0.15, 0.2) is 25.3 Å². The van der Waals surface area contributed by atoms with E-state index < -0.39 is 18.1 Å². The third-order valence-corrected chi connectivity index (χ3v) is 1.06. The second-order valence-electron chi connectivity index (χ2n) is 1.66. The van der Waals surface area contributed by atoms with Gasteiger partial charge in [-0.3, -0.25) is 0 Å². The van der Waals surface area contributed by atoms with E-state index in [0.717, 1.165) is 12.2 Å². The molecule has 2 unspecified atom stereocenters. The van der Waals surface area contributed by atoms with Gasteiger partial charge in [-0.1, -0.05) is 24.8 Å². The molecule has 0 spiro atoms. The van der Waals surface area contributed by atoms with E-state index in [1.165, 1.54) is 0 Å². The highest BCUT2D eigenvalue weighted by Crippen LogP contribution is 2.04. The van der Waals surface area contributed by atoms with Crippen LogP contribution in [0.3, 0.4) is 0 Å². The Kier molecular flexibility index (Phi) is 5.12. The van der Waals surface area contributed by atoms with Gasteiger partial charge in [0.05, 0.1) is 0 Å². The number of ether oxygens (including phenoxy) is 2. The van der Waals surface area contributed by atoms with E-state index >= 15 is 0 Å². The van der Waals surface area contributed by atoms with Crippen molar-refractivity contribution < 1.29 is 18.7 Å². The summed E-state index contributed by atoms with van der Waals surface area (Å²) in [7, 11) is 0. The minimum Gasteiger partial charge on any atom is -0.411 e. The molecule has 2 atom stereocenters. The number of alkyl halides is 2. The molecule has 5 heteroatoms. The Morgan fingerprint density at radius 1 is 1.42 bits per heavy atom. The minimum atomic E-state index is -1.88. The molecule has 68 valence electrons. The van der Waals surface area contributed by atoms with Crippen LogP contribution in [0.1, 0.15) is 0 Å². The zero-order valence-electron chi connectivity index (χ0n) is 6.20. The summed E-state index contributed by atoms with van der Waals surface area (Å²) in [5.41, 5.74) is -1.02. The Labute approximate surface area is 74.4 Å². The molecule has 0 rings (SSSR count). The SMILES string of the molecule is C=CC(F)OC(=O)OC(Cl)C=C. The quantitative estimate of drug-likeness (QED) is 0.392. The van der Waals surface area contributed by atoms with Gasteiger partial charge in [0.15, 0.2) is 5.56 Å². The lowest BCUT2D eigenvalue weighted by Crippen LogP contribution is -2.16. The van der Waals surface area contributed by atoms with Crippen LogP contribution >= 0.6 is 11.6 Å². The van der Waals surface area contributed by atoms with Crippen LogP contribution in [0.25, 0.3) is 0 Å². The summed E-state index contributed by atoms with van der Waals surface area (Å²) < 4.78 is 20.5. The monoisotopic (exact) mass is 194 g/mol. The maximum absolute atomic E-state index is 12.2. The molecule has 0 aromatic carbocycles. The largest absolute Gasteiger partial charge is 0.512 e. The zero-order valence-corrected chi connectivity index (χ0v) is 6.96. The topological polar surface area (TPSA) is 35.5 Å². The normalized spacial score (nSPS) is 14.2. The average molecular weight is 195 g/mol. The van der Waals surface area contributed by atoms with Crippen molar-refractivity contribution in [3.8, 4) is 0 Å². The Morgan fingerprint density at radius 2 is 2.00 bits per heavy atom. The van der Waals surface area contributed by atoms with Crippen LogP contribution in [0.2, 0.25) is 0 Å². The molecular weight excluding hydrogens is 187 g/mol. The summed E-state index contributed by atoms with van der Waals surface area (Å²) in [5, 5.41) is 0. The van der Waals surface area contributed by atoms with Crippen molar-refractivity contribution in [3.05, 3.63) is 25.3 Å². The summed E-state index contributed by atoms with van der Waals surface area (Å²) >= 11 is 5.30. The fourth-order valence-electron chi connectivity index (χ4n) is 0.308. The Hall–Kier alpha value is -1.03. The van der Waals surface area contributed by atoms with Crippen LogP contribution in [0, 0.1) is 0 Å². The molecule has 0 amide bonds. The van der Waals surface area contributed by atoms with Crippen molar-refractivity contribution in [2.24, 2.45) is 0 Å². The highest BCUT2D eigenvalue weighted by molar-refractivity contribution is 6.21. The zero-order chi connectivity index (χ0) is 9.56. The first-order valence-corrected chi connectivity index (χ1v) is 3.44. The van der Waals surface area contributed by atoms with Crippen molar-refractivity contribution in [2.45, 2.75) is 11.9 Å². The highest BCUT2D eigenvalue weighted by atomic mass is 35.5. The van der Waals surface area contributed by atoms with Crippen molar-refractivity contribution in [1.82, 2.24) is 0 Å². The standard InChI is InChI=1S/C7H8ClFO3/c1-3-5(8)11-7(10)12-6(9)4-2/h3-6H,1-2H2. The van der Waals surface area contributed by atoms with Crippen molar-refractivity contribution in [2.75, 3.05) is 0 Å². The predicted octanol–water partition coefficient (Wildman–Crippen LogP) is 2.37. The molecule has 0 bridgehead atoms. The second-order valence-corrected chi connectivity index (χ2v) is 2.09. The summed E-state index contributed by atoms with van der Waals surface area (Å²) in [6.45, 7) is 6.29. The fraction of sp³-hybridized carbons (Fsp3) is 0.286. The van der Waals surface area contributed by atoms with Crippen LogP contribution in [-0.4, -0.2) is 18.1 Å². The molecule has 0 aliphatic heterocycles. The van der Waals surface area contributed by atoms with Crippen molar-refractivity contribution in [3.63, 3.8) is 0 Å². The summed E-state index contributed by atoms with van der Waals surface area (Å²) in [5.74, 6) is 0. The predicted molar refractivity (Wildman–Crippen MR) is 42.5 cm³/mol. The number of carbonyl (C=O) groups is 1. The number of halogens is 2. The van der Waals surface area contributed by atoms with Gasteiger partial charge in [-0.25, -0.2) is 4.79 Å². The molecule has 0 aromatic heterocycles. The van der Waals surface area contributed by atoms with Crippen LogP contribution in [0.5, 0.6) is 0 Å². The average Bonchev–Trinajstić information content (AvgIpc) is 2.03. The minimum absolute atomic E-state index is 0.804. The number of carbonyl (C=O) groups excluding carboxylic acids is 1. The number of rotatable bonds is 4. The van der Waals surface area contributed by atoms with E-state index in [4.69, 9.17) is 11.6 Å². The van der Waals surface area contributed by atoms with E-state index in [9.17, 15) is 9.18 Å². The Morgan fingerprint density at radius 3 is 2.42 bits per heavy atom. The molecule has 0 aliphatic rings. The molecule has 0 saturated carbocycles. The molecule has 0 radical (unpaired) electrons. The summed E-state index contributed by atoms with van der Waals surface area (Å²) in [6, 6.07) is 0. The first-order chi connectivity index (χ1) is 5.60. The van der Waals surface area contributed by atoms with Gasteiger partial charge in [-0.05, 0) is 12.2 Å². The highest BCUT2D eigenvalue weighted by Gasteiger charge is 2.12. The lowest BCUT2D eigenvalue weighted by Gasteiger charge is -2.07. The molecule has 0 saturated heterocycles. The fourth-order valence-corrected chi connectivity index (χ4v) is 0.381. The number of hydrogen-bond acceptors (Lipinski definition) is 3.